The van der Waals surface area contributed by atoms with Gasteiger partial charge in [0.25, 0.3) is 5.91 Å². The number of ether oxygens (including phenoxy) is 1. The summed E-state index contributed by atoms with van der Waals surface area (Å²) < 4.78 is 46.0. The lowest BCUT2D eigenvalue weighted by Crippen LogP contribution is -2.30. The Bertz CT molecular complexity index is 1250. The zero-order valence-electron chi connectivity index (χ0n) is 17.1. The van der Waals surface area contributed by atoms with Crippen LogP contribution in [0.3, 0.4) is 0 Å². The van der Waals surface area contributed by atoms with Crippen LogP contribution in [0.15, 0.2) is 29.7 Å². The minimum atomic E-state index is -3.48. The number of sulfone groups is 1. The van der Waals surface area contributed by atoms with E-state index in [4.69, 9.17) is 4.74 Å². The minimum Gasteiger partial charge on any atom is -0.381 e. The van der Waals surface area contributed by atoms with E-state index in [-0.39, 0.29) is 27.1 Å². The Morgan fingerprint density at radius 3 is 2.72 bits per heavy atom. The van der Waals surface area contributed by atoms with E-state index in [1.54, 1.807) is 6.20 Å². The third-order valence-electron chi connectivity index (χ3n) is 5.91. The summed E-state index contributed by atoms with van der Waals surface area (Å²) in [7, 11) is -3.48. The van der Waals surface area contributed by atoms with Crippen molar-refractivity contribution in [1.29, 1.82) is 0 Å². The smallest absolute Gasteiger partial charge is 0.251 e. The monoisotopic (exact) mass is 479 g/mol. The van der Waals surface area contributed by atoms with Crippen molar-refractivity contribution in [2.45, 2.75) is 48.3 Å². The second-order valence-corrected chi connectivity index (χ2v) is 11.4. The fourth-order valence-electron chi connectivity index (χ4n) is 4.01. The molecule has 0 spiro atoms. The van der Waals surface area contributed by atoms with Crippen molar-refractivity contribution >= 4 is 43.1 Å². The standard InChI is InChI=1S/C20H22FN5O4S2/c21-18-10-23-20(31-18)24-19(27)16(7-12-3-5-30-6-4-12)26-11-14-15(25-26)8-22-9-17(14)32(28,29)13-1-2-13/h8-13,16H,1-7H2,(H,23,24,27). The molecule has 2 fully saturated rings. The first-order valence-corrected chi connectivity index (χ1v) is 12.8. The maximum absolute atomic E-state index is 13.3. The minimum absolute atomic E-state index is 0.149. The van der Waals surface area contributed by atoms with Crippen LogP contribution in [0.2, 0.25) is 0 Å². The van der Waals surface area contributed by atoms with Crippen LogP contribution in [0.4, 0.5) is 9.52 Å². The fourth-order valence-corrected chi connectivity index (χ4v) is 6.35. The molecule has 5 rings (SSSR count). The fraction of sp³-hybridized carbons (Fsp3) is 0.500. The number of fused-ring (bicyclic) bond motifs is 1. The van der Waals surface area contributed by atoms with E-state index < -0.39 is 21.0 Å². The van der Waals surface area contributed by atoms with E-state index >= 15 is 0 Å². The average Bonchev–Trinajstić information content (AvgIpc) is 3.44. The Kier molecular flexibility index (Phi) is 5.68. The lowest BCUT2D eigenvalue weighted by Gasteiger charge is -2.26. The van der Waals surface area contributed by atoms with Crippen molar-refractivity contribution in [2.75, 3.05) is 18.5 Å². The van der Waals surface area contributed by atoms with Gasteiger partial charge in [-0.2, -0.15) is 9.49 Å². The van der Waals surface area contributed by atoms with E-state index in [9.17, 15) is 17.6 Å². The Hall–Kier alpha value is -2.44. The molecular formula is C20H22FN5O4S2. The predicted molar refractivity (Wildman–Crippen MR) is 116 cm³/mol. The third kappa shape index (κ3) is 4.26. The number of amides is 1. The molecule has 170 valence electrons. The van der Waals surface area contributed by atoms with Crippen molar-refractivity contribution in [3.05, 3.63) is 29.9 Å². The summed E-state index contributed by atoms with van der Waals surface area (Å²) >= 11 is 0.747. The van der Waals surface area contributed by atoms with Gasteiger partial charge in [0.15, 0.2) is 20.1 Å². The lowest BCUT2D eigenvalue weighted by molar-refractivity contribution is -0.120. The van der Waals surface area contributed by atoms with Gasteiger partial charge >= 0.3 is 0 Å². The van der Waals surface area contributed by atoms with Crippen LogP contribution >= 0.6 is 11.3 Å². The topological polar surface area (TPSA) is 116 Å². The number of nitrogens with one attached hydrogen (secondary N) is 1. The molecule has 4 heterocycles. The highest BCUT2D eigenvalue weighted by atomic mass is 32.2. The molecule has 1 aliphatic heterocycles. The summed E-state index contributed by atoms with van der Waals surface area (Å²) in [4.78, 5) is 21.3. The molecule has 1 saturated heterocycles. The van der Waals surface area contributed by atoms with Gasteiger partial charge in [-0.15, -0.1) is 0 Å². The molecule has 3 aromatic heterocycles. The molecule has 0 aromatic carbocycles. The van der Waals surface area contributed by atoms with Crippen molar-refractivity contribution in [3.63, 3.8) is 0 Å². The Morgan fingerprint density at radius 1 is 1.25 bits per heavy atom. The van der Waals surface area contributed by atoms with Crippen LogP contribution in [0, 0.1) is 11.0 Å². The zero-order valence-corrected chi connectivity index (χ0v) is 18.7. The molecule has 2 aliphatic rings. The molecule has 0 bridgehead atoms. The molecule has 1 amide bonds. The van der Waals surface area contributed by atoms with Gasteiger partial charge in [0.1, 0.15) is 11.6 Å². The average molecular weight is 480 g/mol. The van der Waals surface area contributed by atoms with Crippen LogP contribution in [-0.2, 0) is 19.4 Å². The number of carbonyl (C=O) groups is 1. The predicted octanol–water partition coefficient (Wildman–Crippen LogP) is 2.96. The van der Waals surface area contributed by atoms with Gasteiger partial charge in [-0.25, -0.2) is 13.4 Å². The summed E-state index contributed by atoms with van der Waals surface area (Å²) in [5.41, 5.74) is 0.414. The molecule has 1 unspecified atom stereocenters. The van der Waals surface area contributed by atoms with Crippen molar-refractivity contribution < 1.29 is 22.3 Å². The molecular weight excluding hydrogens is 457 g/mol. The Labute approximate surface area is 187 Å². The van der Waals surface area contributed by atoms with E-state index in [1.807, 2.05) is 0 Å². The van der Waals surface area contributed by atoms with Gasteiger partial charge in [-0.3, -0.25) is 14.5 Å². The summed E-state index contributed by atoms with van der Waals surface area (Å²) in [6.07, 6.45) is 8.94. The first-order valence-electron chi connectivity index (χ1n) is 10.5. The van der Waals surface area contributed by atoms with Crippen LogP contribution < -0.4 is 5.32 Å². The Morgan fingerprint density at radius 2 is 2.03 bits per heavy atom. The molecule has 3 aromatic rings. The maximum atomic E-state index is 13.3. The van der Waals surface area contributed by atoms with Crippen LogP contribution in [0.25, 0.3) is 10.9 Å². The number of thiazole rings is 1. The highest BCUT2D eigenvalue weighted by Crippen LogP contribution is 2.36. The zero-order chi connectivity index (χ0) is 22.3. The van der Waals surface area contributed by atoms with Crippen LogP contribution in [0.1, 0.15) is 38.1 Å². The number of rotatable bonds is 7. The maximum Gasteiger partial charge on any atom is 0.251 e. The molecule has 1 saturated carbocycles. The normalized spacial score (nSPS) is 18.7. The SMILES string of the molecule is O=C(Nc1ncc(F)s1)C(CC1CCOCC1)n1cc2c(S(=O)(=O)C3CC3)cncc2n1. The van der Waals surface area contributed by atoms with Gasteiger partial charge in [0.2, 0.25) is 0 Å². The second kappa shape index (κ2) is 8.49. The second-order valence-electron chi connectivity index (χ2n) is 8.19. The number of carbonyl (C=O) groups excluding carboxylic acids is 1. The summed E-state index contributed by atoms with van der Waals surface area (Å²) in [6, 6.07) is -0.714. The highest BCUT2D eigenvalue weighted by molar-refractivity contribution is 7.92. The summed E-state index contributed by atoms with van der Waals surface area (Å²) in [6.45, 7) is 1.26. The van der Waals surface area contributed by atoms with Crippen molar-refractivity contribution in [1.82, 2.24) is 19.7 Å². The van der Waals surface area contributed by atoms with Crippen LogP contribution in [0.5, 0.6) is 0 Å². The molecule has 1 N–H and O–H groups in total. The van der Waals surface area contributed by atoms with Gasteiger partial charge in [-0.1, -0.05) is 11.3 Å². The quantitative estimate of drug-likeness (QED) is 0.554. The van der Waals surface area contributed by atoms with E-state index in [1.165, 1.54) is 17.1 Å². The molecule has 9 nitrogen and oxygen atoms in total. The number of pyridine rings is 1. The lowest BCUT2D eigenvalue weighted by atomic mass is 9.92. The number of nitrogens with zero attached hydrogens (tertiary/aromatic N) is 4. The molecule has 32 heavy (non-hydrogen) atoms. The molecule has 12 heteroatoms. The van der Waals surface area contributed by atoms with Crippen LogP contribution in [-0.4, -0.2) is 52.5 Å². The number of anilines is 1. The number of hydrogen-bond acceptors (Lipinski definition) is 8. The van der Waals surface area contributed by atoms with Crippen molar-refractivity contribution in [3.8, 4) is 0 Å². The number of aromatic nitrogens is 4. The van der Waals surface area contributed by atoms with Gasteiger partial charge in [-0.05, 0) is 38.0 Å². The molecule has 1 atom stereocenters. The van der Waals surface area contributed by atoms with E-state index in [0.717, 1.165) is 30.4 Å². The summed E-state index contributed by atoms with van der Waals surface area (Å²) in [5.74, 6) is -0.133. The van der Waals surface area contributed by atoms with Crippen molar-refractivity contribution in [2.24, 2.45) is 5.92 Å². The van der Waals surface area contributed by atoms with Gasteiger partial charge in [0.05, 0.1) is 22.5 Å². The first kappa shape index (κ1) is 21.4. The van der Waals surface area contributed by atoms with Gasteiger partial charge < -0.3 is 10.1 Å². The molecule has 1 aliphatic carbocycles. The highest BCUT2D eigenvalue weighted by Gasteiger charge is 2.38. The number of halogens is 1. The summed E-state index contributed by atoms with van der Waals surface area (Å²) in [5, 5.41) is 6.93. The van der Waals surface area contributed by atoms with E-state index in [2.05, 4.69) is 20.4 Å². The number of hydrogen-bond donors (Lipinski definition) is 1. The van der Waals surface area contributed by atoms with E-state index in [0.29, 0.717) is 43.4 Å². The van der Waals surface area contributed by atoms with Gasteiger partial charge in [0, 0.05) is 31.0 Å². The first-order chi connectivity index (χ1) is 15.4. The molecule has 0 radical (unpaired) electrons. The largest absolute Gasteiger partial charge is 0.381 e. The third-order valence-corrected chi connectivity index (χ3v) is 8.90. The Balaban J connectivity index is 1.50.